The summed E-state index contributed by atoms with van der Waals surface area (Å²) in [4.78, 5) is 3.84. The predicted octanol–water partition coefficient (Wildman–Crippen LogP) is 4.12. The van der Waals surface area contributed by atoms with Crippen molar-refractivity contribution in [2.24, 2.45) is 0 Å². The van der Waals surface area contributed by atoms with Crippen LogP contribution >= 0.6 is 0 Å². The van der Waals surface area contributed by atoms with E-state index in [4.69, 9.17) is 0 Å². The zero-order valence-electron chi connectivity index (χ0n) is 13.0. The van der Waals surface area contributed by atoms with E-state index < -0.39 is 0 Å². The van der Waals surface area contributed by atoms with Crippen LogP contribution in [0.15, 0.2) is 36.7 Å². The van der Waals surface area contributed by atoms with E-state index in [1.807, 2.05) is 0 Å². The van der Waals surface area contributed by atoms with Gasteiger partial charge in [-0.05, 0) is 44.9 Å². The van der Waals surface area contributed by atoms with Crippen molar-refractivity contribution in [2.45, 2.75) is 39.7 Å². The summed E-state index contributed by atoms with van der Waals surface area (Å²) in [7, 11) is 0. The first-order valence-electron chi connectivity index (χ1n) is 7.50. The third-order valence-electron chi connectivity index (χ3n) is 3.54. The lowest BCUT2D eigenvalue weighted by atomic mass is 9.96. The van der Waals surface area contributed by atoms with E-state index in [2.05, 4.69) is 49.3 Å². The summed E-state index contributed by atoms with van der Waals surface area (Å²) in [5.74, 6) is -0.240. The van der Waals surface area contributed by atoms with E-state index >= 15 is 0 Å². The van der Waals surface area contributed by atoms with Crippen LogP contribution in [-0.4, -0.2) is 11.5 Å². The first-order valence-corrected chi connectivity index (χ1v) is 7.50. The molecule has 0 amide bonds. The molecule has 1 aromatic carbocycles. The number of pyridine rings is 1. The zero-order valence-corrected chi connectivity index (χ0v) is 13.0. The van der Waals surface area contributed by atoms with E-state index in [-0.39, 0.29) is 11.9 Å². The van der Waals surface area contributed by atoms with Crippen molar-refractivity contribution in [3.05, 3.63) is 64.7 Å². The number of aromatic nitrogens is 1. The number of hydrogen-bond acceptors (Lipinski definition) is 2. The van der Waals surface area contributed by atoms with Gasteiger partial charge in [0, 0.05) is 17.8 Å². The molecule has 0 spiro atoms. The SMILES string of the molecule is CCCNC(Cc1cc(C)cc(C)c1)c1ccncc1F. The highest BCUT2D eigenvalue weighted by Gasteiger charge is 2.16. The van der Waals surface area contributed by atoms with Crippen LogP contribution in [0.4, 0.5) is 4.39 Å². The van der Waals surface area contributed by atoms with Gasteiger partial charge in [0.25, 0.3) is 0 Å². The molecule has 1 atom stereocenters. The largest absolute Gasteiger partial charge is 0.310 e. The molecular weight excluding hydrogens is 263 g/mol. The van der Waals surface area contributed by atoms with E-state index in [0.717, 1.165) is 19.4 Å². The molecule has 2 aromatic rings. The van der Waals surface area contributed by atoms with Gasteiger partial charge in [-0.2, -0.15) is 0 Å². The first kappa shape index (κ1) is 15.6. The molecule has 112 valence electrons. The maximum absolute atomic E-state index is 14.0. The average Bonchev–Trinajstić information content (AvgIpc) is 2.43. The van der Waals surface area contributed by atoms with Gasteiger partial charge in [-0.25, -0.2) is 4.39 Å². The first-order chi connectivity index (χ1) is 10.1. The van der Waals surface area contributed by atoms with E-state index in [0.29, 0.717) is 5.56 Å². The highest BCUT2D eigenvalue weighted by Crippen LogP contribution is 2.22. The maximum atomic E-state index is 14.0. The van der Waals surface area contributed by atoms with Gasteiger partial charge < -0.3 is 5.32 Å². The zero-order chi connectivity index (χ0) is 15.2. The molecule has 0 fully saturated rings. The van der Waals surface area contributed by atoms with E-state index in [9.17, 15) is 4.39 Å². The molecule has 0 saturated carbocycles. The van der Waals surface area contributed by atoms with E-state index in [1.165, 1.54) is 22.9 Å². The Morgan fingerprint density at radius 1 is 1.19 bits per heavy atom. The van der Waals surface area contributed by atoms with Crippen LogP contribution in [0.2, 0.25) is 0 Å². The van der Waals surface area contributed by atoms with Crippen LogP contribution in [0.5, 0.6) is 0 Å². The van der Waals surface area contributed by atoms with Gasteiger partial charge in [-0.15, -0.1) is 0 Å². The molecule has 2 rings (SSSR count). The van der Waals surface area contributed by atoms with Crippen molar-refractivity contribution in [3.63, 3.8) is 0 Å². The summed E-state index contributed by atoms with van der Waals surface area (Å²) < 4.78 is 14.0. The Kier molecular flexibility index (Phi) is 5.45. The Balaban J connectivity index is 2.26. The lowest BCUT2D eigenvalue weighted by Gasteiger charge is -2.20. The summed E-state index contributed by atoms with van der Waals surface area (Å²) in [6, 6.07) is 8.25. The van der Waals surface area contributed by atoms with Crippen LogP contribution < -0.4 is 5.32 Å². The normalized spacial score (nSPS) is 12.4. The standard InChI is InChI=1S/C18H23FN2/c1-4-6-21-18(16-5-7-20-12-17(16)19)11-15-9-13(2)8-14(3)10-15/h5,7-10,12,18,21H,4,6,11H2,1-3H3. The van der Waals surface area contributed by atoms with Crippen LogP contribution in [0.25, 0.3) is 0 Å². The lowest BCUT2D eigenvalue weighted by Crippen LogP contribution is -2.25. The molecule has 1 N–H and O–H groups in total. The van der Waals surface area contributed by atoms with Gasteiger partial charge >= 0.3 is 0 Å². The molecule has 0 aliphatic rings. The topological polar surface area (TPSA) is 24.9 Å². The van der Waals surface area contributed by atoms with Crippen LogP contribution in [0.1, 0.15) is 41.6 Å². The van der Waals surface area contributed by atoms with Crippen molar-refractivity contribution in [1.29, 1.82) is 0 Å². The Hall–Kier alpha value is -1.74. The Bertz CT molecular complexity index is 575. The van der Waals surface area contributed by atoms with Gasteiger partial charge in [0.1, 0.15) is 5.82 Å². The molecule has 0 aliphatic heterocycles. The number of rotatable bonds is 6. The Labute approximate surface area is 126 Å². The number of aryl methyl sites for hydroxylation is 2. The van der Waals surface area contributed by atoms with Gasteiger partial charge in [0.05, 0.1) is 6.20 Å². The molecule has 1 aromatic heterocycles. The van der Waals surface area contributed by atoms with Crippen LogP contribution in [-0.2, 0) is 6.42 Å². The van der Waals surface area contributed by atoms with Crippen LogP contribution in [0.3, 0.4) is 0 Å². The molecule has 2 nitrogen and oxygen atoms in total. The number of nitrogens with zero attached hydrogens (tertiary/aromatic N) is 1. The highest BCUT2D eigenvalue weighted by molar-refractivity contribution is 5.30. The third kappa shape index (κ3) is 4.36. The van der Waals surface area contributed by atoms with Crippen molar-refractivity contribution in [3.8, 4) is 0 Å². The summed E-state index contributed by atoms with van der Waals surface area (Å²) in [6.45, 7) is 7.18. The minimum atomic E-state index is -0.240. The van der Waals surface area contributed by atoms with Crippen molar-refractivity contribution in [2.75, 3.05) is 6.54 Å². The van der Waals surface area contributed by atoms with E-state index in [1.54, 1.807) is 12.3 Å². The number of halogens is 1. The van der Waals surface area contributed by atoms with Crippen molar-refractivity contribution < 1.29 is 4.39 Å². The third-order valence-corrected chi connectivity index (χ3v) is 3.54. The smallest absolute Gasteiger partial charge is 0.146 e. The summed E-state index contributed by atoms with van der Waals surface area (Å²) >= 11 is 0. The number of hydrogen-bond donors (Lipinski definition) is 1. The maximum Gasteiger partial charge on any atom is 0.146 e. The predicted molar refractivity (Wildman–Crippen MR) is 84.8 cm³/mol. The minimum absolute atomic E-state index is 0.0193. The quantitative estimate of drug-likeness (QED) is 0.864. The molecule has 0 radical (unpaired) electrons. The number of nitrogens with one attached hydrogen (secondary N) is 1. The monoisotopic (exact) mass is 286 g/mol. The van der Waals surface area contributed by atoms with Gasteiger partial charge in [0.15, 0.2) is 0 Å². The summed E-state index contributed by atoms with van der Waals surface area (Å²) in [5, 5.41) is 3.45. The lowest BCUT2D eigenvalue weighted by molar-refractivity contribution is 0.495. The fraction of sp³-hybridized carbons (Fsp3) is 0.389. The molecule has 1 unspecified atom stereocenters. The van der Waals surface area contributed by atoms with Crippen molar-refractivity contribution >= 4 is 0 Å². The average molecular weight is 286 g/mol. The Morgan fingerprint density at radius 3 is 2.52 bits per heavy atom. The van der Waals surface area contributed by atoms with Gasteiger partial charge in [-0.3, -0.25) is 4.98 Å². The van der Waals surface area contributed by atoms with Gasteiger partial charge in [0.2, 0.25) is 0 Å². The molecule has 21 heavy (non-hydrogen) atoms. The molecular formula is C18H23FN2. The second-order valence-corrected chi connectivity index (χ2v) is 5.60. The fourth-order valence-electron chi connectivity index (χ4n) is 2.70. The van der Waals surface area contributed by atoms with Crippen molar-refractivity contribution in [1.82, 2.24) is 10.3 Å². The van der Waals surface area contributed by atoms with Crippen LogP contribution in [0, 0.1) is 19.7 Å². The molecule has 0 bridgehead atoms. The fourth-order valence-corrected chi connectivity index (χ4v) is 2.70. The molecule has 1 heterocycles. The minimum Gasteiger partial charge on any atom is -0.310 e. The second kappa shape index (κ2) is 7.32. The summed E-state index contributed by atoms with van der Waals surface area (Å²) in [5.41, 5.74) is 4.42. The number of benzene rings is 1. The molecule has 3 heteroatoms. The molecule has 0 aliphatic carbocycles. The van der Waals surface area contributed by atoms with Gasteiger partial charge in [-0.1, -0.05) is 36.2 Å². The highest BCUT2D eigenvalue weighted by atomic mass is 19.1. The Morgan fingerprint density at radius 2 is 1.90 bits per heavy atom. The second-order valence-electron chi connectivity index (χ2n) is 5.60. The summed E-state index contributed by atoms with van der Waals surface area (Å²) in [6.07, 6.45) is 4.75. The molecule has 0 saturated heterocycles.